The normalized spacial score (nSPS) is 10.8. The Morgan fingerprint density at radius 3 is 2.64 bits per heavy atom. The van der Waals surface area contributed by atoms with E-state index < -0.39 is 0 Å². The van der Waals surface area contributed by atoms with E-state index in [0.717, 1.165) is 28.9 Å². The van der Waals surface area contributed by atoms with E-state index in [1.165, 1.54) is 17.5 Å². The van der Waals surface area contributed by atoms with Crippen LogP contribution < -0.4 is 10.1 Å². The fourth-order valence-electron chi connectivity index (χ4n) is 2.63. The maximum absolute atomic E-state index is 12.5. The molecule has 4 aromatic rings. The number of fused-ring (bicyclic) bond motifs is 1. The van der Waals surface area contributed by atoms with Crippen molar-refractivity contribution in [2.75, 3.05) is 11.9 Å². The van der Waals surface area contributed by atoms with E-state index in [9.17, 15) is 4.79 Å². The van der Waals surface area contributed by atoms with Crippen LogP contribution in [-0.2, 0) is 0 Å². The van der Waals surface area contributed by atoms with Crippen LogP contribution in [0.1, 0.15) is 23.8 Å². The van der Waals surface area contributed by atoms with E-state index in [2.05, 4.69) is 27.2 Å². The number of carbonyl (C=O) groups excluding carboxylic acids is 1. The van der Waals surface area contributed by atoms with Gasteiger partial charge < -0.3 is 4.74 Å². The molecule has 0 fully saturated rings. The quantitative estimate of drug-likeness (QED) is 0.512. The highest BCUT2D eigenvalue weighted by atomic mass is 32.1. The molecule has 0 spiro atoms. The number of thiazole rings is 1. The predicted octanol–water partition coefficient (Wildman–Crippen LogP) is 4.79. The molecule has 0 aliphatic carbocycles. The van der Waals surface area contributed by atoms with E-state index in [4.69, 9.17) is 4.74 Å². The van der Waals surface area contributed by atoms with Crippen molar-refractivity contribution in [2.24, 2.45) is 0 Å². The first kappa shape index (κ1) is 18.1. The first-order valence-electron chi connectivity index (χ1n) is 8.95. The number of para-hydroxylation sites is 2. The molecule has 1 amide bonds. The van der Waals surface area contributed by atoms with Gasteiger partial charge in [-0.2, -0.15) is 0 Å². The van der Waals surface area contributed by atoms with Crippen molar-refractivity contribution >= 4 is 33.4 Å². The first-order chi connectivity index (χ1) is 13.7. The second-order valence-electron chi connectivity index (χ2n) is 6.11. The highest BCUT2D eigenvalue weighted by Crippen LogP contribution is 2.27. The summed E-state index contributed by atoms with van der Waals surface area (Å²) < 4.78 is 5.60. The van der Waals surface area contributed by atoms with Crippen LogP contribution >= 0.6 is 11.3 Å². The van der Waals surface area contributed by atoms with Crippen LogP contribution in [0.15, 0.2) is 60.1 Å². The number of rotatable bonds is 6. The molecule has 0 atom stereocenters. The number of anilines is 1. The zero-order valence-electron chi connectivity index (χ0n) is 15.3. The standard InChI is InChI=1S/C21H18N4O2S/c1-2-11-27-15-9-7-14(8-10-15)19-13-28-21(24-19)25-20(26)18-12-22-16-5-3-4-6-17(16)23-18/h3-10,12-13H,2,11H2,1H3,(H,24,25,26). The maximum atomic E-state index is 12.5. The molecule has 4 rings (SSSR count). The molecule has 0 bridgehead atoms. The van der Waals surface area contributed by atoms with Crippen molar-refractivity contribution in [3.63, 3.8) is 0 Å². The lowest BCUT2D eigenvalue weighted by molar-refractivity contribution is 0.102. The molecule has 0 saturated carbocycles. The average Bonchev–Trinajstić information content (AvgIpc) is 3.20. The lowest BCUT2D eigenvalue weighted by Crippen LogP contribution is -2.14. The van der Waals surface area contributed by atoms with Crippen molar-refractivity contribution in [1.82, 2.24) is 15.0 Å². The summed E-state index contributed by atoms with van der Waals surface area (Å²) in [4.78, 5) is 25.6. The third-order valence-corrected chi connectivity index (χ3v) is 4.79. The monoisotopic (exact) mass is 390 g/mol. The minimum atomic E-state index is -0.331. The fraction of sp³-hybridized carbons (Fsp3) is 0.143. The van der Waals surface area contributed by atoms with E-state index in [1.54, 1.807) is 0 Å². The summed E-state index contributed by atoms with van der Waals surface area (Å²) >= 11 is 1.37. The van der Waals surface area contributed by atoms with Gasteiger partial charge in [0.15, 0.2) is 5.13 Å². The summed E-state index contributed by atoms with van der Waals surface area (Å²) in [5.41, 5.74) is 3.45. The second kappa shape index (κ2) is 8.14. The van der Waals surface area contributed by atoms with Gasteiger partial charge in [0.1, 0.15) is 11.4 Å². The van der Waals surface area contributed by atoms with Gasteiger partial charge in [0.05, 0.1) is 29.5 Å². The van der Waals surface area contributed by atoms with Crippen LogP contribution in [0.25, 0.3) is 22.3 Å². The van der Waals surface area contributed by atoms with Crippen LogP contribution in [0.3, 0.4) is 0 Å². The van der Waals surface area contributed by atoms with E-state index >= 15 is 0 Å². The predicted molar refractivity (Wildman–Crippen MR) is 111 cm³/mol. The Kier molecular flexibility index (Phi) is 5.25. The Hall–Kier alpha value is -3.32. The third-order valence-electron chi connectivity index (χ3n) is 4.03. The summed E-state index contributed by atoms with van der Waals surface area (Å²) in [6.45, 7) is 2.77. The second-order valence-corrected chi connectivity index (χ2v) is 6.97. The lowest BCUT2D eigenvalue weighted by atomic mass is 10.2. The number of carbonyl (C=O) groups is 1. The van der Waals surface area contributed by atoms with Gasteiger partial charge in [-0.3, -0.25) is 15.1 Å². The lowest BCUT2D eigenvalue weighted by Gasteiger charge is -2.04. The van der Waals surface area contributed by atoms with E-state index in [1.807, 2.05) is 53.9 Å². The number of amides is 1. The molecular weight excluding hydrogens is 372 g/mol. The summed E-state index contributed by atoms with van der Waals surface area (Å²) in [6, 6.07) is 15.2. The molecule has 6 nitrogen and oxygen atoms in total. The number of nitrogens with zero attached hydrogens (tertiary/aromatic N) is 3. The Labute approximate surface area is 166 Å². The van der Waals surface area contributed by atoms with Crippen molar-refractivity contribution in [3.8, 4) is 17.0 Å². The van der Waals surface area contributed by atoms with Gasteiger partial charge in [0.2, 0.25) is 0 Å². The van der Waals surface area contributed by atoms with Crippen molar-refractivity contribution in [1.29, 1.82) is 0 Å². The number of nitrogens with one attached hydrogen (secondary N) is 1. The first-order valence-corrected chi connectivity index (χ1v) is 9.83. The molecule has 2 heterocycles. The van der Waals surface area contributed by atoms with Crippen molar-refractivity contribution in [3.05, 3.63) is 65.8 Å². The number of hydrogen-bond donors (Lipinski definition) is 1. The summed E-state index contributed by atoms with van der Waals surface area (Å²) in [5, 5.41) is 5.22. The Morgan fingerprint density at radius 1 is 1.07 bits per heavy atom. The maximum Gasteiger partial charge on any atom is 0.277 e. The van der Waals surface area contributed by atoms with Gasteiger partial charge in [0, 0.05) is 10.9 Å². The van der Waals surface area contributed by atoms with Crippen LogP contribution in [0.2, 0.25) is 0 Å². The summed E-state index contributed by atoms with van der Waals surface area (Å²) in [6.07, 6.45) is 2.44. The fourth-order valence-corrected chi connectivity index (χ4v) is 3.35. The van der Waals surface area contributed by atoms with Gasteiger partial charge in [-0.25, -0.2) is 9.97 Å². The van der Waals surface area contributed by atoms with E-state index in [-0.39, 0.29) is 11.6 Å². The van der Waals surface area contributed by atoms with Gasteiger partial charge in [-0.15, -0.1) is 11.3 Å². The van der Waals surface area contributed by atoms with Gasteiger partial charge in [-0.05, 0) is 42.8 Å². The Bertz CT molecular complexity index is 1110. The molecule has 28 heavy (non-hydrogen) atoms. The minimum absolute atomic E-state index is 0.257. The van der Waals surface area contributed by atoms with Gasteiger partial charge in [-0.1, -0.05) is 19.1 Å². The van der Waals surface area contributed by atoms with Crippen LogP contribution in [0.5, 0.6) is 5.75 Å². The molecule has 7 heteroatoms. The third kappa shape index (κ3) is 3.99. The molecular formula is C21H18N4O2S. The molecule has 0 aliphatic rings. The molecule has 0 saturated heterocycles. The highest BCUT2D eigenvalue weighted by Gasteiger charge is 2.12. The van der Waals surface area contributed by atoms with Crippen LogP contribution in [-0.4, -0.2) is 27.5 Å². The highest BCUT2D eigenvalue weighted by molar-refractivity contribution is 7.14. The molecule has 0 radical (unpaired) electrons. The zero-order chi connectivity index (χ0) is 19.3. The van der Waals surface area contributed by atoms with Gasteiger partial charge >= 0.3 is 0 Å². The Morgan fingerprint density at radius 2 is 1.86 bits per heavy atom. The molecule has 0 unspecified atom stereocenters. The number of benzene rings is 2. The number of hydrogen-bond acceptors (Lipinski definition) is 6. The average molecular weight is 390 g/mol. The van der Waals surface area contributed by atoms with Gasteiger partial charge in [0.25, 0.3) is 5.91 Å². The largest absolute Gasteiger partial charge is 0.494 e. The van der Waals surface area contributed by atoms with Crippen molar-refractivity contribution < 1.29 is 9.53 Å². The molecule has 1 N–H and O–H groups in total. The van der Waals surface area contributed by atoms with Crippen LogP contribution in [0.4, 0.5) is 5.13 Å². The molecule has 140 valence electrons. The van der Waals surface area contributed by atoms with E-state index in [0.29, 0.717) is 17.3 Å². The molecule has 2 aromatic heterocycles. The number of aromatic nitrogens is 3. The SMILES string of the molecule is CCCOc1ccc(-c2csc(NC(=O)c3cnc4ccccc4n3)n2)cc1. The smallest absolute Gasteiger partial charge is 0.277 e. The Balaban J connectivity index is 1.47. The molecule has 0 aliphatic heterocycles. The minimum Gasteiger partial charge on any atom is -0.494 e. The summed E-state index contributed by atoms with van der Waals surface area (Å²) in [5.74, 6) is 0.506. The zero-order valence-corrected chi connectivity index (χ0v) is 16.1. The topological polar surface area (TPSA) is 77.0 Å². The number of ether oxygens (including phenoxy) is 1. The van der Waals surface area contributed by atoms with Crippen molar-refractivity contribution in [2.45, 2.75) is 13.3 Å². The summed E-state index contributed by atoms with van der Waals surface area (Å²) in [7, 11) is 0. The van der Waals surface area contributed by atoms with Crippen LogP contribution in [0, 0.1) is 0 Å². The molecule has 2 aromatic carbocycles.